The van der Waals surface area contributed by atoms with Crippen molar-refractivity contribution in [2.75, 3.05) is 14.1 Å². The van der Waals surface area contributed by atoms with Crippen LogP contribution in [0.15, 0.2) is 10.2 Å². The van der Waals surface area contributed by atoms with Gasteiger partial charge < -0.3 is 10.6 Å². The van der Waals surface area contributed by atoms with E-state index in [0.717, 1.165) is 17.8 Å². The smallest absolute Gasteiger partial charge is 0.186 e. The highest BCUT2D eigenvalue weighted by Crippen LogP contribution is 1.89. The lowest BCUT2D eigenvalue weighted by molar-refractivity contribution is 0.958. The summed E-state index contributed by atoms with van der Waals surface area (Å²) in [7, 11) is 3.45. The molecule has 0 rings (SSSR count). The largest absolute Gasteiger partial charge is 0.364 e. The van der Waals surface area contributed by atoms with Crippen molar-refractivity contribution in [2.24, 2.45) is 10.2 Å². The van der Waals surface area contributed by atoms with Gasteiger partial charge in [0.1, 0.15) is 0 Å². The Morgan fingerprint density at radius 1 is 1.00 bits per heavy atom. The number of thiocarbonyl (C=S) groups is 2. The fourth-order valence-corrected chi connectivity index (χ4v) is 0.936. The summed E-state index contributed by atoms with van der Waals surface area (Å²) in [6, 6.07) is 0. The van der Waals surface area contributed by atoms with Crippen LogP contribution < -0.4 is 21.5 Å². The quantitative estimate of drug-likeness (QED) is 0.336. The highest BCUT2D eigenvalue weighted by molar-refractivity contribution is 7.80. The molecule has 4 N–H and O–H groups in total. The van der Waals surface area contributed by atoms with E-state index in [0.29, 0.717) is 10.2 Å². The van der Waals surface area contributed by atoms with Gasteiger partial charge >= 0.3 is 0 Å². The Labute approximate surface area is 112 Å². The molecule has 96 valence electrons. The third-order valence-corrected chi connectivity index (χ3v) is 2.42. The van der Waals surface area contributed by atoms with Crippen molar-refractivity contribution < 1.29 is 0 Å². The van der Waals surface area contributed by atoms with Crippen molar-refractivity contribution in [2.45, 2.75) is 20.3 Å². The molecular weight excluding hydrogens is 256 g/mol. The molecule has 0 fully saturated rings. The van der Waals surface area contributed by atoms with Crippen molar-refractivity contribution >= 4 is 46.1 Å². The Bertz CT molecular complexity index is 336. The summed E-state index contributed by atoms with van der Waals surface area (Å²) < 4.78 is 0. The normalized spacial score (nSPS) is 11.8. The Balaban J connectivity index is 4.53. The second-order valence-corrected chi connectivity index (χ2v) is 3.81. The lowest BCUT2D eigenvalue weighted by Crippen LogP contribution is -2.32. The van der Waals surface area contributed by atoms with Gasteiger partial charge in [-0.15, -0.1) is 0 Å². The zero-order valence-electron chi connectivity index (χ0n) is 10.4. The van der Waals surface area contributed by atoms with Crippen molar-refractivity contribution in [3.8, 4) is 0 Å². The molecule has 0 aliphatic heterocycles. The number of nitrogens with one attached hydrogen (secondary N) is 4. The molecule has 8 heteroatoms. The van der Waals surface area contributed by atoms with Crippen LogP contribution in [-0.2, 0) is 0 Å². The molecule has 0 aromatic rings. The molecule has 0 heterocycles. The van der Waals surface area contributed by atoms with Crippen LogP contribution in [-0.4, -0.2) is 35.7 Å². The Morgan fingerprint density at radius 3 is 1.88 bits per heavy atom. The summed E-state index contributed by atoms with van der Waals surface area (Å²) >= 11 is 9.82. The van der Waals surface area contributed by atoms with Gasteiger partial charge in [-0.2, -0.15) is 10.2 Å². The summed E-state index contributed by atoms with van der Waals surface area (Å²) in [5, 5.41) is 14.7. The van der Waals surface area contributed by atoms with E-state index in [2.05, 4.69) is 31.7 Å². The molecule has 0 spiro atoms. The van der Waals surface area contributed by atoms with Gasteiger partial charge in [-0.05, 0) is 37.8 Å². The fourth-order valence-electron chi connectivity index (χ4n) is 0.845. The van der Waals surface area contributed by atoms with E-state index < -0.39 is 0 Å². The SMILES string of the molecule is CCC(=N\NC(=S)NC)/C(C)=N\NC(=S)NC. The van der Waals surface area contributed by atoms with Gasteiger partial charge in [0, 0.05) is 14.1 Å². The standard InChI is InChI=1S/C9H18N6S2/c1-5-7(13-15-9(17)11-4)6(2)12-14-8(16)10-3/h5H2,1-4H3,(H2,10,14,16)(H2,11,15,17)/b12-6-,13-7+. The topological polar surface area (TPSA) is 72.8 Å². The van der Waals surface area contributed by atoms with E-state index in [4.69, 9.17) is 24.4 Å². The molecule has 0 amide bonds. The minimum atomic E-state index is 0.457. The number of hydrazone groups is 2. The van der Waals surface area contributed by atoms with E-state index in [-0.39, 0.29) is 0 Å². The predicted octanol–water partition coefficient (Wildman–Crippen LogP) is 0.316. The van der Waals surface area contributed by atoms with Crippen molar-refractivity contribution in [1.82, 2.24) is 21.5 Å². The zero-order chi connectivity index (χ0) is 13.3. The average Bonchev–Trinajstić information content (AvgIpc) is 2.35. The summed E-state index contributed by atoms with van der Waals surface area (Å²) in [4.78, 5) is 0. The van der Waals surface area contributed by atoms with Crippen molar-refractivity contribution in [1.29, 1.82) is 0 Å². The first-order chi connectivity index (χ1) is 8.04. The first-order valence-corrected chi connectivity index (χ1v) is 5.93. The average molecular weight is 274 g/mol. The van der Waals surface area contributed by atoms with Crippen molar-refractivity contribution in [3.63, 3.8) is 0 Å². The fraction of sp³-hybridized carbons (Fsp3) is 0.556. The van der Waals surface area contributed by atoms with Gasteiger partial charge in [0.25, 0.3) is 0 Å². The van der Waals surface area contributed by atoms with E-state index in [1.165, 1.54) is 0 Å². The monoisotopic (exact) mass is 274 g/mol. The van der Waals surface area contributed by atoms with Gasteiger partial charge in [-0.1, -0.05) is 6.92 Å². The first kappa shape index (κ1) is 15.7. The molecule has 17 heavy (non-hydrogen) atoms. The third-order valence-electron chi connectivity index (χ3n) is 1.82. The van der Waals surface area contributed by atoms with Crippen LogP contribution in [0, 0.1) is 0 Å². The molecule has 0 radical (unpaired) electrons. The maximum absolute atomic E-state index is 4.92. The molecule has 0 bridgehead atoms. The number of hydrogen-bond donors (Lipinski definition) is 4. The van der Waals surface area contributed by atoms with Crippen LogP contribution in [0.2, 0.25) is 0 Å². The number of hydrogen-bond acceptors (Lipinski definition) is 4. The zero-order valence-corrected chi connectivity index (χ0v) is 12.1. The van der Waals surface area contributed by atoms with Crippen molar-refractivity contribution in [3.05, 3.63) is 0 Å². The summed E-state index contributed by atoms with van der Waals surface area (Å²) in [5.41, 5.74) is 6.96. The molecule has 0 saturated heterocycles. The minimum Gasteiger partial charge on any atom is -0.364 e. The Hall–Kier alpha value is -1.28. The summed E-state index contributed by atoms with van der Waals surface area (Å²) in [6.07, 6.45) is 0.739. The molecule has 0 saturated carbocycles. The van der Waals surface area contributed by atoms with E-state index in [1.807, 2.05) is 13.8 Å². The van der Waals surface area contributed by atoms with Gasteiger partial charge in [0.15, 0.2) is 10.2 Å². The highest BCUT2D eigenvalue weighted by Gasteiger charge is 2.02. The molecule has 0 atom stereocenters. The van der Waals surface area contributed by atoms with E-state index in [9.17, 15) is 0 Å². The van der Waals surface area contributed by atoms with Crippen LogP contribution in [0.3, 0.4) is 0 Å². The van der Waals surface area contributed by atoms with Gasteiger partial charge in [-0.25, -0.2) is 0 Å². The van der Waals surface area contributed by atoms with Crippen LogP contribution in [0.5, 0.6) is 0 Å². The molecule has 0 aromatic heterocycles. The lowest BCUT2D eigenvalue weighted by atomic mass is 10.2. The van der Waals surface area contributed by atoms with Crippen LogP contribution in [0.25, 0.3) is 0 Å². The molecule has 0 aliphatic rings. The third kappa shape index (κ3) is 6.80. The maximum atomic E-state index is 4.92. The molecule has 6 nitrogen and oxygen atoms in total. The molecule has 0 aromatic carbocycles. The molecular formula is C9H18N6S2. The summed E-state index contributed by atoms with van der Waals surface area (Å²) in [5.74, 6) is 0. The molecule has 0 unspecified atom stereocenters. The Kier molecular flexibility index (Phi) is 8.16. The highest BCUT2D eigenvalue weighted by atomic mass is 32.1. The lowest BCUT2D eigenvalue weighted by Gasteiger charge is -2.07. The van der Waals surface area contributed by atoms with E-state index in [1.54, 1.807) is 14.1 Å². The van der Waals surface area contributed by atoms with Gasteiger partial charge in [0.2, 0.25) is 0 Å². The van der Waals surface area contributed by atoms with Crippen LogP contribution in [0.4, 0.5) is 0 Å². The van der Waals surface area contributed by atoms with Gasteiger partial charge in [0.05, 0.1) is 11.4 Å². The van der Waals surface area contributed by atoms with Gasteiger partial charge in [-0.3, -0.25) is 10.9 Å². The molecule has 0 aliphatic carbocycles. The van der Waals surface area contributed by atoms with Crippen LogP contribution in [0.1, 0.15) is 20.3 Å². The minimum absolute atomic E-state index is 0.457. The second-order valence-electron chi connectivity index (χ2n) is 2.99. The second kappa shape index (κ2) is 8.82. The maximum Gasteiger partial charge on any atom is 0.186 e. The first-order valence-electron chi connectivity index (χ1n) is 5.11. The predicted molar refractivity (Wildman–Crippen MR) is 80.4 cm³/mol. The van der Waals surface area contributed by atoms with Crippen LogP contribution >= 0.6 is 24.4 Å². The number of rotatable bonds is 4. The number of nitrogens with zero attached hydrogens (tertiary/aromatic N) is 2. The Morgan fingerprint density at radius 2 is 1.47 bits per heavy atom. The van der Waals surface area contributed by atoms with E-state index >= 15 is 0 Å². The summed E-state index contributed by atoms with van der Waals surface area (Å²) in [6.45, 7) is 3.83.